The van der Waals surface area contributed by atoms with Crippen molar-refractivity contribution in [3.05, 3.63) is 53.4 Å². The third-order valence-electron chi connectivity index (χ3n) is 2.66. The molecular formula is C15H13NO4S2. The second kappa shape index (κ2) is 7.67. The van der Waals surface area contributed by atoms with Crippen molar-refractivity contribution < 1.29 is 19.4 Å². The first-order valence-corrected chi connectivity index (χ1v) is 7.65. The van der Waals surface area contributed by atoms with Gasteiger partial charge in [0.15, 0.2) is 10.1 Å². The lowest BCUT2D eigenvalue weighted by Gasteiger charge is -2.20. The van der Waals surface area contributed by atoms with E-state index in [4.69, 9.17) is 22.1 Å². The van der Waals surface area contributed by atoms with Gasteiger partial charge < -0.3 is 14.7 Å². The normalized spacial score (nSPS) is 10.0. The highest BCUT2D eigenvalue weighted by Crippen LogP contribution is 2.18. The van der Waals surface area contributed by atoms with Crippen molar-refractivity contribution >= 4 is 40.5 Å². The maximum atomic E-state index is 12.4. The number of hydrogen-bond acceptors (Lipinski definition) is 5. The van der Waals surface area contributed by atoms with Crippen LogP contribution in [-0.4, -0.2) is 40.0 Å². The summed E-state index contributed by atoms with van der Waals surface area (Å²) in [6, 6.07) is 12.0. The van der Waals surface area contributed by atoms with Crippen LogP contribution in [0.1, 0.15) is 10.4 Å². The number of thiocarbonyl (C=S) groups is 1. The second-order valence-corrected chi connectivity index (χ2v) is 5.69. The Bertz CT molecular complexity index is 655. The molecule has 0 unspecified atom stereocenters. The molecule has 7 heteroatoms. The van der Waals surface area contributed by atoms with Crippen LogP contribution >= 0.6 is 23.6 Å². The molecule has 22 heavy (non-hydrogen) atoms. The summed E-state index contributed by atoms with van der Waals surface area (Å²) in [5, 5.41) is 11.6. The Morgan fingerprint density at radius 3 is 2.45 bits per heavy atom. The van der Waals surface area contributed by atoms with E-state index >= 15 is 0 Å². The summed E-state index contributed by atoms with van der Waals surface area (Å²) in [7, 11) is 0. The molecule has 0 radical (unpaired) electrons. The van der Waals surface area contributed by atoms with Crippen molar-refractivity contribution in [1.82, 2.24) is 4.90 Å². The van der Waals surface area contributed by atoms with E-state index < -0.39 is 18.4 Å². The van der Waals surface area contributed by atoms with Crippen LogP contribution in [0.2, 0.25) is 0 Å². The van der Waals surface area contributed by atoms with Gasteiger partial charge in [-0.2, -0.15) is 0 Å². The number of carboxylic acid groups (broad SMARTS) is 1. The summed E-state index contributed by atoms with van der Waals surface area (Å²) in [5.74, 6) is -1.51. The van der Waals surface area contributed by atoms with Gasteiger partial charge in [0, 0.05) is 5.56 Å². The highest BCUT2D eigenvalue weighted by molar-refractivity contribution is 7.80. The number of benzene rings is 1. The van der Waals surface area contributed by atoms with E-state index in [1.54, 1.807) is 36.4 Å². The van der Waals surface area contributed by atoms with Crippen molar-refractivity contribution in [2.45, 2.75) is 0 Å². The number of hydrogen-bond donors (Lipinski definition) is 1. The zero-order valence-electron chi connectivity index (χ0n) is 11.5. The van der Waals surface area contributed by atoms with Crippen LogP contribution in [0.4, 0.5) is 0 Å². The van der Waals surface area contributed by atoms with E-state index in [9.17, 15) is 9.59 Å². The van der Waals surface area contributed by atoms with Gasteiger partial charge in [0.1, 0.15) is 6.54 Å². The van der Waals surface area contributed by atoms with Crippen LogP contribution in [0.25, 0.3) is 0 Å². The smallest absolute Gasteiger partial charge is 0.323 e. The summed E-state index contributed by atoms with van der Waals surface area (Å²) in [6.07, 6.45) is 0. The van der Waals surface area contributed by atoms with Crippen molar-refractivity contribution in [2.75, 3.05) is 13.1 Å². The van der Waals surface area contributed by atoms with Gasteiger partial charge in [-0.15, -0.1) is 11.3 Å². The van der Waals surface area contributed by atoms with Gasteiger partial charge in [0.05, 0.1) is 6.54 Å². The molecule has 0 aliphatic heterocycles. The summed E-state index contributed by atoms with van der Waals surface area (Å²) >= 11 is 6.47. The van der Waals surface area contributed by atoms with Gasteiger partial charge in [-0.1, -0.05) is 18.2 Å². The minimum atomic E-state index is -1.11. The average molecular weight is 335 g/mol. The highest BCUT2D eigenvalue weighted by atomic mass is 32.1. The molecule has 1 aromatic heterocycles. The fraction of sp³-hybridized carbons (Fsp3) is 0.133. The SMILES string of the molecule is O=C(O)CN(CC(=S)Oc1cccs1)C(=O)c1ccccc1. The van der Waals surface area contributed by atoms with Crippen molar-refractivity contribution in [1.29, 1.82) is 0 Å². The molecule has 0 aliphatic rings. The highest BCUT2D eigenvalue weighted by Gasteiger charge is 2.20. The summed E-state index contributed by atoms with van der Waals surface area (Å²) in [4.78, 5) is 24.5. The topological polar surface area (TPSA) is 66.8 Å². The lowest BCUT2D eigenvalue weighted by atomic mass is 10.2. The number of nitrogens with zero attached hydrogens (tertiary/aromatic N) is 1. The molecule has 0 saturated heterocycles. The summed E-state index contributed by atoms with van der Waals surface area (Å²) in [5.41, 5.74) is 0.405. The Kier molecular flexibility index (Phi) is 5.62. The quantitative estimate of drug-likeness (QED) is 0.822. The third kappa shape index (κ3) is 4.64. The molecule has 0 saturated carbocycles. The molecule has 0 bridgehead atoms. The molecule has 1 heterocycles. The maximum absolute atomic E-state index is 12.4. The standard InChI is InChI=1S/C15H13NO4S2/c17-12(18)9-16(15(19)11-5-2-1-3-6-11)10-13(21)20-14-7-4-8-22-14/h1-8H,9-10H2,(H,17,18). The summed E-state index contributed by atoms with van der Waals surface area (Å²) < 4.78 is 5.42. The lowest BCUT2D eigenvalue weighted by Crippen LogP contribution is -2.40. The molecule has 0 aliphatic carbocycles. The Morgan fingerprint density at radius 1 is 1.14 bits per heavy atom. The van der Waals surface area contributed by atoms with Crippen LogP contribution in [-0.2, 0) is 4.79 Å². The van der Waals surface area contributed by atoms with Gasteiger partial charge in [-0.05, 0) is 41.9 Å². The van der Waals surface area contributed by atoms with Gasteiger partial charge in [-0.25, -0.2) is 0 Å². The molecule has 1 aromatic carbocycles. The molecule has 5 nitrogen and oxygen atoms in total. The summed E-state index contributed by atoms with van der Waals surface area (Å²) in [6.45, 7) is -0.505. The first-order chi connectivity index (χ1) is 10.6. The molecule has 0 fully saturated rings. The number of carboxylic acids is 1. The van der Waals surface area contributed by atoms with E-state index in [1.807, 2.05) is 11.4 Å². The first kappa shape index (κ1) is 16.1. The predicted octanol–water partition coefficient (Wildman–Crippen LogP) is 2.68. The number of thiophene rings is 1. The van der Waals surface area contributed by atoms with E-state index in [0.29, 0.717) is 10.6 Å². The number of aliphatic carboxylic acids is 1. The second-order valence-electron chi connectivity index (χ2n) is 4.33. The Hall–Kier alpha value is -2.25. The van der Waals surface area contributed by atoms with Crippen molar-refractivity contribution in [3.8, 4) is 5.06 Å². The molecule has 114 valence electrons. The lowest BCUT2D eigenvalue weighted by molar-refractivity contribution is -0.137. The number of rotatable bonds is 6. The zero-order valence-corrected chi connectivity index (χ0v) is 13.1. The van der Waals surface area contributed by atoms with Crippen LogP contribution in [0.3, 0.4) is 0 Å². The Morgan fingerprint density at radius 2 is 1.86 bits per heavy atom. The molecule has 1 N–H and O–H groups in total. The fourth-order valence-electron chi connectivity index (χ4n) is 1.75. The van der Waals surface area contributed by atoms with Crippen LogP contribution in [0.5, 0.6) is 5.06 Å². The van der Waals surface area contributed by atoms with Gasteiger partial charge in [-0.3, -0.25) is 9.59 Å². The minimum absolute atomic E-state index is 0.0622. The Balaban J connectivity index is 2.07. The van der Waals surface area contributed by atoms with Crippen molar-refractivity contribution in [3.63, 3.8) is 0 Å². The van der Waals surface area contributed by atoms with E-state index in [0.717, 1.165) is 4.90 Å². The zero-order chi connectivity index (χ0) is 15.9. The minimum Gasteiger partial charge on any atom is -0.480 e. The first-order valence-electron chi connectivity index (χ1n) is 6.36. The van der Waals surface area contributed by atoms with Gasteiger partial charge >= 0.3 is 5.97 Å². The van der Waals surface area contributed by atoms with E-state index in [1.165, 1.54) is 11.3 Å². The van der Waals surface area contributed by atoms with Crippen molar-refractivity contribution in [2.24, 2.45) is 0 Å². The fourth-order valence-corrected chi connectivity index (χ4v) is 2.64. The molecule has 2 aromatic rings. The van der Waals surface area contributed by atoms with Gasteiger partial charge in [0.2, 0.25) is 0 Å². The van der Waals surface area contributed by atoms with E-state index in [-0.39, 0.29) is 11.6 Å². The number of amides is 1. The predicted molar refractivity (Wildman–Crippen MR) is 87.5 cm³/mol. The molecular weight excluding hydrogens is 322 g/mol. The molecule has 0 atom stereocenters. The number of ether oxygens (including phenoxy) is 1. The monoisotopic (exact) mass is 335 g/mol. The maximum Gasteiger partial charge on any atom is 0.323 e. The number of carbonyl (C=O) groups excluding carboxylic acids is 1. The molecule has 1 amide bonds. The van der Waals surface area contributed by atoms with Gasteiger partial charge in [0.25, 0.3) is 5.91 Å². The molecule has 2 rings (SSSR count). The molecule has 0 spiro atoms. The van der Waals surface area contributed by atoms with Crippen LogP contribution in [0, 0.1) is 0 Å². The Labute approximate surface area is 136 Å². The van der Waals surface area contributed by atoms with Crippen LogP contribution < -0.4 is 4.74 Å². The van der Waals surface area contributed by atoms with Crippen LogP contribution in [0.15, 0.2) is 47.8 Å². The number of carbonyl (C=O) groups is 2. The van der Waals surface area contributed by atoms with E-state index in [2.05, 4.69) is 0 Å². The third-order valence-corrected chi connectivity index (χ3v) is 3.62. The largest absolute Gasteiger partial charge is 0.480 e. The average Bonchev–Trinajstić information content (AvgIpc) is 2.99.